The van der Waals surface area contributed by atoms with E-state index in [-0.39, 0.29) is 18.8 Å². The van der Waals surface area contributed by atoms with Gasteiger partial charge in [0.1, 0.15) is 12.2 Å². The lowest BCUT2D eigenvalue weighted by molar-refractivity contribution is -0.178. The second kappa shape index (κ2) is 9.40. The number of fused-ring (bicyclic) bond motifs is 1. The molecule has 144 valence electrons. The maximum Gasteiger partial charge on any atom is 0.222 e. The van der Waals surface area contributed by atoms with E-state index >= 15 is 0 Å². The first-order valence-electron chi connectivity index (χ1n) is 8.94. The Hall–Kier alpha value is -2.55. The van der Waals surface area contributed by atoms with E-state index in [4.69, 9.17) is 19.9 Å². The van der Waals surface area contributed by atoms with Crippen molar-refractivity contribution in [2.24, 2.45) is 0 Å². The summed E-state index contributed by atoms with van der Waals surface area (Å²) in [5.74, 6) is 0.200. The Kier molecular flexibility index (Phi) is 6.69. The fraction of sp³-hybridized carbons (Fsp3) is 0.421. The Morgan fingerprint density at radius 3 is 2.67 bits per heavy atom. The molecule has 2 heterocycles. The first-order chi connectivity index (χ1) is 13.1. The molecule has 8 heteroatoms. The van der Waals surface area contributed by atoms with E-state index < -0.39 is 6.29 Å². The van der Waals surface area contributed by atoms with Crippen molar-refractivity contribution in [1.29, 1.82) is 0 Å². The minimum absolute atomic E-state index is 0.164. The first-order valence-corrected chi connectivity index (χ1v) is 8.94. The number of aromatic nitrogens is 4. The lowest BCUT2D eigenvalue weighted by atomic mass is 10.2. The number of nitrogens with two attached hydrogens (primary N) is 1. The normalized spacial score (nSPS) is 12.7. The highest BCUT2D eigenvalue weighted by molar-refractivity contribution is 5.70. The van der Waals surface area contributed by atoms with E-state index in [9.17, 15) is 0 Å². The summed E-state index contributed by atoms with van der Waals surface area (Å²) in [6.07, 6.45) is 3.61. The van der Waals surface area contributed by atoms with Gasteiger partial charge in [0.2, 0.25) is 5.95 Å². The van der Waals surface area contributed by atoms with Crippen LogP contribution in [0, 0.1) is 0 Å². The first kappa shape index (κ1) is 19.2. The van der Waals surface area contributed by atoms with Crippen LogP contribution in [0.15, 0.2) is 42.9 Å². The second-order valence-corrected chi connectivity index (χ2v) is 6.38. The van der Waals surface area contributed by atoms with Gasteiger partial charge < -0.3 is 19.9 Å². The molecule has 0 saturated carbocycles. The van der Waals surface area contributed by atoms with Gasteiger partial charge in [0.15, 0.2) is 11.9 Å². The zero-order valence-electron chi connectivity index (χ0n) is 15.6. The van der Waals surface area contributed by atoms with E-state index in [0.29, 0.717) is 30.8 Å². The molecule has 0 aliphatic rings. The smallest absolute Gasteiger partial charge is 0.222 e. The highest BCUT2D eigenvalue weighted by Crippen LogP contribution is 2.13. The number of nitrogen functional groups attached to an aromatic ring is 1. The van der Waals surface area contributed by atoms with Crippen molar-refractivity contribution < 1.29 is 14.2 Å². The minimum Gasteiger partial charge on any atom is -0.379 e. The molecule has 0 saturated heterocycles. The third-order valence-corrected chi connectivity index (χ3v) is 3.86. The molecule has 2 N–H and O–H groups in total. The predicted molar refractivity (Wildman–Crippen MR) is 102 cm³/mol. The number of rotatable bonds is 10. The van der Waals surface area contributed by atoms with Gasteiger partial charge in [-0.1, -0.05) is 30.3 Å². The summed E-state index contributed by atoms with van der Waals surface area (Å²) in [6.45, 7) is 5.27. The van der Waals surface area contributed by atoms with Gasteiger partial charge in [-0.2, -0.15) is 4.98 Å². The van der Waals surface area contributed by atoms with Crippen LogP contribution in [0.5, 0.6) is 0 Å². The third-order valence-electron chi connectivity index (χ3n) is 3.86. The van der Waals surface area contributed by atoms with Crippen molar-refractivity contribution in [3.8, 4) is 0 Å². The molecule has 0 spiro atoms. The van der Waals surface area contributed by atoms with Crippen molar-refractivity contribution in [3.05, 3.63) is 48.4 Å². The lowest BCUT2D eigenvalue weighted by Gasteiger charge is -2.20. The summed E-state index contributed by atoms with van der Waals surface area (Å²) in [6, 6.07) is 9.98. The number of benzene rings is 1. The van der Waals surface area contributed by atoms with Crippen molar-refractivity contribution in [2.45, 2.75) is 46.0 Å². The largest absolute Gasteiger partial charge is 0.379 e. The molecule has 1 aromatic carbocycles. The summed E-state index contributed by atoms with van der Waals surface area (Å²) >= 11 is 0. The van der Waals surface area contributed by atoms with Gasteiger partial charge >= 0.3 is 0 Å². The van der Waals surface area contributed by atoms with Gasteiger partial charge in [-0.25, -0.2) is 9.97 Å². The number of imidazole rings is 1. The standard InChI is InChI=1S/C19H25N5O3/c1-14(2)25-9-8-17(26-11-15-6-4-3-5-7-15)27-13-24-12-22-16-10-21-19(20)23-18(16)24/h3-7,10,12,14,17H,8-9,11,13H2,1-2H3,(H2,20,21,23). The van der Waals surface area contributed by atoms with Crippen molar-refractivity contribution in [1.82, 2.24) is 19.5 Å². The molecule has 27 heavy (non-hydrogen) atoms. The van der Waals surface area contributed by atoms with Crippen LogP contribution in [0.25, 0.3) is 11.2 Å². The van der Waals surface area contributed by atoms with Crippen LogP contribution in [0.4, 0.5) is 5.95 Å². The average molecular weight is 371 g/mol. The topological polar surface area (TPSA) is 97.3 Å². The quantitative estimate of drug-likeness (QED) is 0.547. The molecule has 3 aromatic rings. The predicted octanol–water partition coefficient (Wildman–Crippen LogP) is 2.74. The van der Waals surface area contributed by atoms with E-state index in [1.165, 1.54) is 0 Å². The van der Waals surface area contributed by atoms with Crippen molar-refractivity contribution >= 4 is 17.1 Å². The van der Waals surface area contributed by atoms with Gasteiger partial charge in [0.05, 0.1) is 31.8 Å². The molecule has 1 unspecified atom stereocenters. The maximum atomic E-state index is 5.96. The molecule has 2 aromatic heterocycles. The van der Waals surface area contributed by atoms with Crippen LogP contribution in [-0.2, 0) is 27.5 Å². The average Bonchev–Trinajstić information content (AvgIpc) is 3.06. The zero-order chi connectivity index (χ0) is 19.1. The molecule has 8 nitrogen and oxygen atoms in total. The van der Waals surface area contributed by atoms with E-state index in [1.54, 1.807) is 17.1 Å². The molecule has 0 amide bonds. The van der Waals surface area contributed by atoms with Crippen LogP contribution in [0.1, 0.15) is 25.8 Å². The van der Waals surface area contributed by atoms with Crippen molar-refractivity contribution in [2.75, 3.05) is 12.3 Å². The monoisotopic (exact) mass is 371 g/mol. The number of hydrogen-bond acceptors (Lipinski definition) is 7. The Balaban J connectivity index is 1.61. The van der Waals surface area contributed by atoms with Gasteiger partial charge in [-0.05, 0) is 19.4 Å². The maximum absolute atomic E-state index is 5.96. The molecule has 0 aliphatic carbocycles. The Morgan fingerprint density at radius 1 is 1.07 bits per heavy atom. The minimum atomic E-state index is -0.416. The second-order valence-electron chi connectivity index (χ2n) is 6.38. The Labute approximate surface area is 158 Å². The summed E-state index contributed by atoms with van der Waals surface area (Å²) in [5, 5.41) is 0. The van der Waals surface area contributed by atoms with Gasteiger partial charge in [0.25, 0.3) is 0 Å². The molecule has 0 bridgehead atoms. The number of hydrogen-bond donors (Lipinski definition) is 1. The summed E-state index contributed by atoms with van der Waals surface area (Å²) in [4.78, 5) is 12.4. The molecule has 0 aliphatic heterocycles. The highest BCUT2D eigenvalue weighted by Gasteiger charge is 2.13. The molecule has 1 atom stereocenters. The van der Waals surface area contributed by atoms with E-state index in [0.717, 1.165) is 5.56 Å². The summed E-state index contributed by atoms with van der Waals surface area (Å²) in [7, 11) is 0. The van der Waals surface area contributed by atoms with Gasteiger partial charge in [-0.15, -0.1) is 0 Å². The summed E-state index contributed by atoms with van der Waals surface area (Å²) in [5.41, 5.74) is 8.05. The van der Waals surface area contributed by atoms with Crippen LogP contribution in [0.3, 0.4) is 0 Å². The molecular weight excluding hydrogens is 346 g/mol. The van der Waals surface area contributed by atoms with Crippen LogP contribution < -0.4 is 5.73 Å². The molecular formula is C19H25N5O3. The van der Waals surface area contributed by atoms with Crippen LogP contribution >= 0.6 is 0 Å². The lowest BCUT2D eigenvalue weighted by Crippen LogP contribution is -2.22. The molecule has 0 fully saturated rings. The SMILES string of the molecule is CC(C)OCCC(OCc1ccccc1)OCn1cnc2cnc(N)nc21. The number of anilines is 1. The Morgan fingerprint density at radius 2 is 1.89 bits per heavy atom. The van der Waals surface area contributed by atoms with Crippen LogP contribution in [0.2, 0.25) is 0 Å². The van der Waals surface area contributed by atoms with E-state index in [2.05, 4.69) is 15.0 Å². The fourth-order valence-corrected chi connectivity index (χ4v) is 2.50. The van der Waals surface area contributed by atoms with Crippen LogP contribution in [-0.4, -0.2) is 38.5 Å². The zero-order valence-corrected chi connectivity index (χ0v) is 15.6. The molecule has 0 radical (unpaired) electrons. The molecule has 3 rings (SSSR count). The van der Waals surface area contributed by atoms with Crippen molar-refractivity contribution in [3.63, 3.8) is 0 Å². The van der Waals surface area contributed by atoms with Gasteiger partial charge in [0, 0.05) is 6.42 Å². The number of ether oxygens (including phenoxy) is 3. The highest BCUT2D eigenvalue weighted by atomic mass is 16.7. The summed E-state index contributed by atoms with van der Waals surface area (Å²) < 4.78 is 19.3. The number of nitrogens with zero attached hydrogens (tertiary/aromatic N) is 4. The Bertz CT molecular complexity index is 838. The fourth-order valence-electron chi connectivity index (χ4n) is 2.50. The van der Waals surface area contributed by atoms with E-state index in [1.807, 2.05) is 44.2 Å². The van der Waals surface area contributed by atoms with Gasteiger partial charge in [-0.3, -0.25) is 4.57 Å². The third kappa shape index (κ3) is 5.72.